The standard InChI is InChI=1S/C21H36N4O4/c1-2-18(26)23-15-6-7-17(16(14-15)19(27)28)24-12-8-21(9-13-24,20(22)29)25-10-4-3-5-11-25/h15-17H,2-14H2,1H3,(H2,22,29)(H,23,26)(H,27,28). The quantitative estimate of drug-likeness (QED) is 0.602. The molecule has 0 aromatic heterocycles. The zero-order valence-electron chi connectivity index (χ0n) is 17.6. The molecule has 4 N–H and O–H groups in total. The van der Waals surface area contributed by atoms with Crippen LogP contribution >= 0.6 is 0 Å². The summed E-state index contributed by atoms with van der Waals surface area (Å²) < 4.78 is 0. The average molecular weight is 409 g/mol. The van der Waals surface area contributed by atoms with Crippen LogP contribution < -0.4 is 11.1 Å². The molecule has 0 aromatic rings. The molecule has 0 bridgehead atoms. The summed E-state index contributed by atoms with van der Waals surface area (Å²) in [6.07, 6.45) is 7.17. The molecule has 3 rings (SSSR count). The highest BCUT2D eigenvalue weighted by Crippen LogP contribution is 2.36. The van der Waals surface area contributed by atoms with Crippen molar-refractivity contribution < 1.29 is 19.5 Å². The van der Waals surface area contributed by atoms with Crippen LogP contribution in [0.25, 0.3) is 0 Å². The van der Waals surface area contributed by atoms with Gasteiger partial charge in [0.25, 0.3) is 0 Å². The Morgan fingerprint density at radius 2 is 1.72 bits per heavy atom. The van der Waals surface area contributed by atoms with Gasteiger partial charge in [0.2, 0.25) is 11.8 Å². The van der Waals surface area contributed by atoms with Gasteiger partial charge in [-0.15, -0.1) is 0 Å². The second-order valence-corrected chi connectivity index (χ2v) is 8.92. The topological polar surface area (TPSA) is 116 Å². The zero-order chi connectivity index (χ0) is 21.0. The lowest BCUT2D eigenvalue weighted by Gasteiger charge is -2.51. The minimum atomic E-state index is -0.798. The van der Waals surface area contributed by atoms with Crippen LogP contribution in [0.15, 0.2) is 0 Å². The maximum Gasteiger partial charge on any atom is 0.308 e. The molecule has 0 spiro atoms. The molecule has 3 unspecified atom stereocenters. The first-order chi connectivity index (χ1) is 13.9. The first-order valence-electron chi connectivity index (χ1n) is 11.2. The van der Waals surface area contributed by atoms with E-state index >= 15 is 0 Å². The molecule has 8 nitrogen and oxygen atoms in total. The lowest BCUT2D eigenvalue weighted by Crippen LogP contribution is -2.65. The third-order valence-electron chi connectivity index (χ3n) is 7.33. The highest BCUT2D eigenvalue weighted by atomic mass is 16.4. The third kappa shape index (κ3) is 4.74. The van der Waals surface area contributed by atoms with Gasteiger partial charge in [-0.2, -0.15) is 0 Å². The van der Waals surface area contributed by atoms with Crippen molar-refractivity contribution in [2.45, 2.75) is 82.3 Å². The molecule has 1 saturated carbocycles. The largest absolute Gasteiger partial charge is 0.481 e. The Hall–Kier alpha value is -1.67. The van der Waals surface area contributed by atoms with Crippen LogP contribution in [0.3, 0.4) is 0 Å². The van der Waals surface area contributed by atoms with Gasteiger partial charge < -0.3 is 16.2 Å². The maximum absolute atomic E-state index is 12.4. The van der Waals surface area contributed by atoms with E-state index in [1.165, 1.54) is 6.42 Å². The number of carboxylic acid groups (broad SMARTS) is 1. The monoisotopic (exact) mass is 408 g/mol. The first kappa shape index (κ1) is 22.0. The van der Waals surface area contributed by atoms with Gasteiger partial charge >= 0.3 is 5.97 Å². The van der Waals surface area contributed by atoms with Gasteiger partial charge in [0.05, 0.1) is 5.92 Å². The predicted octanol–water partition coefficient (Wildman–Crippen LogP) is 0.940. The molecular formula is C21H36N4O4. The van der Waals surface area contributed by atoms with E-state index in [1.54, 1.807) is 6.92 Å². The van der Waals surface area contributed by atoms with Gasteiger partial charge in [-0.05, 0) is 58.0 Å². The smallest absolute Gasteiger partial charge is 0.308 e. The molecule has 3 aliphatic rings. The van der Waals surface area contributed by atoms with E-state index in [9.17, 15) is 19.5 Å². The lowest BCUT2D eigenvalue weighted by molar-refractivity contribution is -0.148. The number of rotatable bonds is 6. The number of piperidine rings is 2. The molecule has 2 aliphatic heterocycles. The van der Waals surface area contributed by atoms with Crippen molar-refractivity contribution in [1.29, 1.82) is 0 Å². The molecule has 3 fully saturated rings. The van der Waals surface area contributed by atoms with Gasteiger partial charge in [-0.1, -0.05) is 13.3 Å². The number of nitrogens with two attached hydrogens (primary N) is 1. The highest BCUT2D eigenvalue weighted by Gasteiger charge is 2.48. The fourth-order valence-corrected chi connectivity index (χ4v) is 5.58. The van der Waals surface area contributed by atoms with Crippen molar-refractivity contribution in [2.75, 3.05) is 26.2 Å². The molecule has 2 amide bonds. The molecule has 2 saturated heterocycles. The second-order valence-electron chi connectivity index (χ2n) is 8.92. The van der Waals surface area contributed by atoms with Crippen molar-refractivity contribution in [1.82, 2.24) is 15.1 Å². The maximum atomic E-state index is 12.4. The highest BCUT2D eigenvalue weighted by molar-refractivity contribution is 5.85. The van der Waals surface area contributed by atoms with Crippen LogP contribution in [-0.2, 0) is 14.4 Å². The third-order valence-corrected chi connectivity index (χ3v) is 7.33. The van der Waals surface area contributed by atoms with Crippen LogP contribution in [0.2, 0.25) is 0 Å². The number of carbonyl (C=O) groups is 3. The van der Waals surface area contributed by atoms with Crippen LogP contribution in [-0.4, -0.2) is 76.5 Å². The number of amides is 2. The summed E-state index contributed by atoms with van der Waals surface area (Å²) in [6.45, 7) is 5.03. The Labute approximate surface area is 173 Å². The second kappa shape index (κ2) is 9.43. The summed E-state index contributed by atoms with van der Waals surface area (Å²) in [7, 11) is 0. The number of nitrogens with zero attached hydrogens (tertiary/aromatic N) is 2. The van der Waals surface area contributed by atoms with Crippen molar-refractivity contribution >= 4 is 17.8 Å². The summed E-state index contributed by atoms with van der Waals surface area (Å²) in [5, 5.41) is 12.8. The van der Waals surface area contributed by atoms with Gasteiger partial charge in [0.1, 0.15) is 5.54 Å². The predicted molar refractivity (Wildman–Crippen MR) is 109 cm³/mol. The summed E-state index contributed by atoms with van der Waals surface area (Å²) in [6, 6.07) is -0.114. The van der Waals surface area contributed by atoms with Crippen LogP contribution in [0, 0.1) is 5.92 Å². The van der Waals surface area contributed by atoms with Crippen LogP contribution in [0.5, 0.6) is 0 Å². The minimum absolute atomic E-state index is 0.0247. The van der Waals surface area contributed by atoms with Gasteiger partial charge in [0, 0.05) is 31.6 Å². The zero-order valence-corrected chi connectivity index (χ0v) is 17.6. The Morgan fingerprint density at radius 1 is 1.07 bits per heavy atom. The lowest BCUT2D eigenvalue weighted by atomic mass is 9.77. The fourth-order valence-electron chi connectivity index (χ4n) is 5.58. The first-order valence-corrected chi connectivity index (χ1v) is 11.2. The molecule has 2 heterocycles. The molecule has 29 heavy (non-hydrogen) atoms. The molecule has 164 valence electrons. The van der Waals surface area contributed by atoms with Crippen LogP contribution in [0.4, 0.5) is 0 Å². The number of hydrogen-bond acceptors (Lipinski definition) is 5. The van der Waals surface area contributed by atoms with Gasteiger partial charge in [0.15, 0.2) is 0 Å². The van der Waals surface area contributed by atoms with Crippen molar-refractivity contribution in [3.8, 4) is 0 Å². The number of primary amides is 1. The number of carboxylic acids is 1. The molecular weight excluding hydrogens is 372 g/mol. The van der Waals surface area contributed by atoms with Crippen molar-refractivity contribution in [2.24, 2.45) is 11.7 Å². The van der Waals surface area contributed by atoms with Crippen molar-refractivity contribution in [3.63, 3.8) is 0 Å². The number of hydrogen-bond donors (Lipinski definition) is 3. The number of carbonyl (C=O) groups excluding carboxylic acids is 2. The SMILES string of the molecule is CCC(=O)NC1CCC(N2CCC(C(N)=O)(N3CCCCC3)CC2)C(C(=O)O)C1. The van der Waals surface area contributed by atoms with E-state index in [0.717, 1.165) is 38.8 Å². The molecule has 8 heteroatoms. The van der Waals surface area contributed by atoms with Crippen LogP contribution in [0.1, 0.15) is 64.7 Å². The Balaban J connectivity index is 1.65. The summed E-state index contributed by atoms with van der Waals surface area (Å²) in [5.74, 6) is -1.56. The summed E-state index contributed by atoms with van der Waals surface area (Å²) in [4.78, 5) is 40.6. The van der Waals surface area contributed by atoms with E-state index < -0.39 is 17.4 Å². The van der Waals surface area contributed by atoms with E-state index in [4.69, 9.17) is 5.73 Å². The van der Waals surface area contributed by atoms with Gasteiger partial charge in [-0.3, -0.25) is 24.2 Å². The summed E-state index contributed by atoms with van der Waals surface area (Å²) in [5.41, 5.74) is 5.30. The van der Waals surface area contributed by atoms with E-state index in [1.807, 2.05) is 0 Å². The Kier molecular flexibility index (Phi) is 7.16. The molecule has 0 radical (unpaired) electrons. The Bertz CT molecular complexity index is 612. The Morgan fingerprint density at radius 3 is 2.28 bits per heavy atom. The minimum Gasteiger partial charge on any atom is -0.481 e. The van der Waals surface area contributed by atoms with Crippen molar-refractivity contribution in [3.05, 3.63) is 0 Å². The normalized spacial score (nSPS) is 31.1. The molecule has 3 atom stereocenters. The number of likely N-dealkylation sites (tertiary alicyclic amines) is 2. The number of aliphatic carboxylic acids is 1. The average Bonchev–Trinajstić information content (AvgIpc) is 2.74. The van der Waals surface area contributed by atoms with E-state index in [-0.39, 0.29) is 23.9 Å². The molecule has 0 aromatic carbocycles. The fraction of sp³-hybridized carbons (Fsp3) is 0.857. The van der Waals surface area contributed by atoms with E-state index in [2.05, 4.69) is 15.1 Å². The van der Waals surface area contributed by atoms with Gasteiger partial charge in [-0.25, -0.2) is 0 Å². The summed E-state index contributed by atoms with van der Waals surface area (Å²) >= 11 is 0. The number of nitrogens with one attached hydrogen (secondary N) is 1. The van der Waals surface area contributed by atoms with E-state index in [0.29, 0.717) is 38.8 Å². The molecule has 1 aliphatic carbocycles.